The Balaban J connectivity index is 0.00000306. The number of aliphatic carboxylic acids is 1. The van der Waals surface area contributed by atoms with Gasteiger partial charge in [0.15, 0.2) is 6.23 Å². The summed E-state index contributed by atoms with van der Waals surface area (Å²) in [6, 6.07) is 21.8. The third-order valence-electron chi connectivity index (χ3n) is 5.45. The maximum Gasteiger partial charge on any atom is 1.00 e. The molecule has 1 unspecified atom stereocenters. The van der Waals surface area contributed by atoms with Crippen LogP contribution in [0.4, 0.5) is 0 Å². The van der Waals surface area contributed by atoms with Crippen molar-refractivity contribution < 1.29 is 80.3 Å². The summed E-state index contributed by atoms with van der Waals surface area (Å²) in [4.78, 5) is 27.2. The second kappa shape index (κ2) is 11.3. The van der Waals surface area contributed by atoms with Crippen molar-refractivity contribution in [1.29, 1.82) is 0 Å². The number of carbonyl (C=O) groups excluding carboxylic acids is 2. The average molecular weight is 472 g/mol. The van der Waals surface area contributed by atoms with Gasteiger partial charge in [-0.25, -0.2) is 0 Å². The third-order valence-corrected chi connectivity index (χ3v) is 5.45. The number of benzene rings is 3. The Kier molecular flexibility index (Phi) is 8.69. The molecule has 1 saturated heterocycles. The van der Waals surface area contributed by atoms with Gasteiger partial charge in [-0.1, -0.05) is 48.5 Å². The van der Waals surface area contributed by atoms with Gasteiger partial charge in [0, 0.05) is 17.2 Å². The van der Waals surface area contributed by atoms with Gasteiger partial charge >= 0.3 is 51.4 Å². The van der Waals surface area contributed by atoms with E-state index in [0.717, 1.165) is 0 Å². The summed E-state index contributed by atoms with van der Waals surface area (Å²) in [7, 11) is 3.02. The van der Waals surface area contributed by atoms with Gasteiger partial charge in [-0.05, 0) is 29.8 Å². The molecule has 0 N–H and O–H groups in total. The van der Waals surface area contributed by atoms with Crippen molar-refractivity contribution >= 4 is 11.9 Å². The second-order valence-electron chi connectivity index (χ2n) is 7.27. The van der Waals surface area contributed by atoms with E-state index in [4.69, 9.17) is 14.2 Å². The summed E-state index contributed by atoms with van der Waals surface area (Å²) in [5.41, 5.74) is 1.54. The molecule has 164 valence electrons. The molecule has 1 aliphatic heterocycles. The summed E-state index contributed by atoms with van der Waals surface area (Å²) >= 11 is 0. The molecule has 0 aliphatic carbocycles. The third kappa shape index (κ3) is 5.16. The first kappa shape index (κ1) is 25.4. The normalized spacial score (nSPS) is 19.5. The number of ether oxygens (including phenoxy) is 3. The molecular formula is C25H22KNO6. The minimum absolute atomic E-state index is 0. The fourth-order valence-corrected chi connectivity index (χ4v) is 3.95. The minimum Gasteiger partial charge on any atom is -0.547 e. The smallest absolute Gasteiger partial charge is 0.547 e. The van der Waals surface area contributed by atoms with E-state index in [1.165, 1.54) is 19.1 Å². The summed E-state index contributed by atoms with van der Waals surface area (Å²) < 4.78 is 16.7. The number of rotatable bonds is 6. The number of amides is 1. The summed E-state index contributed by atoms with van der Waals surface area (Å²) in [6.45, 7) is 0. The first-order chi connectivity index (χ1) is 15.5. The van der Waals surface area contributed by atoms with Crippen molar-refractivity contribution in [2.45, 2.75) is 18.4 Å². The van der Waals surface area contributed by atoms with Crippen molar-refractivity contribution in [1.82, 2.24) is 4.90 Å². The molecule has 0 bridgehead atoms. The predicted molar refractivity (Wildman–Crippen MR) is 114 cm³/mol. The average Bonchev–Trinajstić information content (AvgIpc) is 3.25. The number of carboxylic acid groups (broad SMARTS) is 1. The van der Waals surface area contributed by atoms with Crippen molar-refractivity contribution in [2.24, 2.45) is 0 Å². The molecule has 3 aromatic rings. The number of carboxylic acids is 1. The van der Waals surface area contributed by atoms with Crippen molar-refractivity contribution in [3.63, 3.8) is 0 Å². The monoisotopic (exact) mass is 471 g/mol. The summed E-state index contributed by atoms with van der Waals surface area (Å²) in [5, 5.41) is 12.1. The van der Waals surface area contributed by atoms with Gasteiger partial charge in [0.2, 0.25) is 0 Å². The molecule has 1 heterocycles. The van der Waals surface area contributed by atoms with E-state index in [1.54, 1.807) is 72.8 Å². The van der Waals surface area contributed by atoms with Gasteiger partial charge in [-0.2, -0.15) is 0 Å². The minimum atomic E-state index is -1.40. The van der Waals surface area contributed by atoms with E-state index in [-0.39, 0.29) is 57.3 Å². The molecule has 0 aromatic heterocycles. The maximum absolute atomic E-state index is 13.7. The van der Waals surface area contributed by atoms with Gasteiger partial charge in [0.1, 0.15) is 17.6 Å². The molecular weight excluding hydrogens is 449 g/mol. The van der Waals surface area contributed by atoms with Crippen LogP contribution in [0, 0.1) is 0 Å². The van der Waals surface area contributed by atoms with Gasteiger partial charge in [-0.15, -0.1) is 0 Å². The topological polar surface area (TPSA) is 88.1 Å². The molecule has 8 heteroatoms. The molecule has 3 aromatic carbocycles. The van der Waals surface area contributed by atoms with E-state index in [0.29, 0.717) is 28.2 Å². The van der Waals surface area contributed by atoms with E-state index in [1.807, 2.05) is 6.07 Å². The number of nitrogens with zero attached hydrogens (tertiary/aromatic N) is 1. The van der Waals surface area contributed by atoms with E-state index < -0.39 is 24.3 Å². The van der Waals surface area contributed by atoms with Crippen molar-refractivity contribution in [3.05, 3.63) is 95.6 Å². The Morgan fingerprint density at radius 2 is 1.55 bits per heavy atom. The van der Waals surface area contributed by atoms with Crippen molar-refractivity contribution in [3.8, 4) is 11.5 Å². The van der Waals surface area contributed by atoms with Crippen LogP contribution in [0.15, 0.2) is 78.9 Å². The van der Waals surface area contributed by atoms with Gasteiger partial charge < -0.3 is 24.1 Å². The number of hydrogen-bond donors (Lipinski definition) is 0. The zero-order chi connectivity index (χ0) is 22.7. The molecule has 1 fully saturated rings. The van der Waals surface area contributed by atoms with Gasteiger partial charge in [0.05, 0.1) is 26.2 Å². The summed E-state index contributed by atoms with van der Waals surface area (Å²) in [6.07, 6.45) is -2.39. The number of hydrogen-bond acceptors (Lipinski definition) is 6. The zero-order valence-corrected chi connectivity index (χ0v) is 21.8. The van der Waals surface area contributed by atoms with Crippen LogP contribution in [0.5, 0.6) is 11.5 Å². The largest absolute Gasteiger partial charge is 1.00 e. The molecule has 0 radical (unpaired) electrons. The van der Waals surface area contributed by atoms with E-state index >= 15 is 0 Å². The van der Waals surface area contributed by atoms with Crippen LogP contribution >= 0.6 is 0 Å². The van der Waals surface area contributed by atoms with Crippen LogP contribution < -0.4 is 66.0 Å². The quantitative estimate of drug-likeness (QED) is 0.461. The van der Waals surface area contributed by atoms with Gasteiger partial charge in [-0.3, -0.25) is 9.69 Å². The summed E-state index contributed by atoms with van der Waals surface area (Å²) in [5.74, 6) is -0.808. The Morgan fingerprint density at radius 1 is 0.909 bits per heavy atom. The molecule has 0 saturated carbocycles. The van der Waals surface area contributed by atoms with Crippen LogP contribution in [0.25, 0.3) is 0 Å². The molecule has 1 aliphatic rings. The first-order valence-corrected chi connectivity index (χ1v) is 10.1. The zero-order valence-electron chi connectivity index (χ0n) is 18.6. The molecule has 0 spiro atoms. The first-order valence-electron chi connectivity index (χ1n) is 10.1. The van der Waals surface area contributed by atoms with Crippen LogP contribution in [0.3, 0.4) is 0 Å². The Morgan fingerprint density at radius 3 is 2.12 bits per heavy atom. The standard InChI is InChI=1S/C25H23NO6.K/c1-30-18-13-14-19(20(15-18)31-2)24-26(23(27)17-11-7-4-8-12-17)21(22(32-24)25(28)29)16-9-5-3-6-10-16;/h3-15,21-22,24H,1-2H3,(H,28,29);/q;+1/p-1/t21-,22+,24?;/m0./s1. The van der Waals surface area contributed by atoms with E-state index in [2.05, 4.69) is 0 Å². The Hall–Kier alpha value is -2.20. The fraction of sp³-hybridized carbons (Fsp3) is 0.200. The SMILES string of the molecule is COc1ccc(C2O[C@@H](C(=O)[O-])[C@H](c3ccccc3)N2C(=O)c2ccccc2)c(OC)c1.[K+]. The fourth-order valence-electron chi connectivity index (χ4n) is 3.95. The number of methoxy groups -OCH3 is 2. The van der Waals surface area contributed by atoms with Crippen LogP contribution in [-0.4, -0.2) is 37.1 Å². The molecule has 7 nitrogen and oxygen atoms in total. The molecule has 3 atom stereocenters. The van der Waals surface area contributed by atoms with Crippen molar-refractivity contribution in [2.75, 3.05) is 14.2 Å². The maximum atomic E-state index is 13.7. The predicted octanol–water partition coefficient (Wildman–Crippen LogP) is -0.261. The Bertz CT molecular complexity index is 1110. The van der Waals surface area contributed by atoms with Crippen LogP contribution in [0.2, 0.25) is 0 Å². The molecule has 1 amide bonds. The molecule has 33 heavy (non-hydrogen) atoms. The molecule has 4 rings (SSSR count). The second-order valence-corrected chi connectivity index (χ2v) is 7.27. The number of carbonyl (C=O) groups is 2. The van der Waals surface area contributed by atoms with Gasteiger partial charge in [0.25, 0.3) is 5.91 Å². The van der Waals surface area contributed by atoms with Crippen LogP contribution in [-0.2, 0) is 9.53 Å². The van der Waals surface area contributed by atoms with E-state index in [9.17, 15) is 14.7 Å². The van der Waals surface area contributed by atoms with Crippen LogP contribution in [0.1, 0.15) is 33.8 Å². The Labute approximate surface area is 234 Å².